The SMILES string of the molecule is Cc1c(CC2CC(C)CCC2Br)cccc1[N+](=O)[O-]. The number of nitro groups is 1. The Morgan fingerprint density at radius 1 is 1.42 bits per heavy atom. The summed E-state index contributed by atoms with van der Waals surface area (Å²) in [5.74, 6) is 1.35. The summed E-state index contributed by atoms with van der Waals surface area (Å²) in [5, 5.41) is 11.0. The molecule has 3 unspecified atom stereocenters. The lowest BCUT2D eigenvalue weighted by atomic mass is 9.79. The van der Waals surface area contributed by atoms with Crippen LogP contribution in [-0.4, -0.2) is 9.75 Å². The standard InChI is InChI=1S/C15H20BrNO2/c1-10-6-7-14(16)13(8-10)9-12-4-3-5-15(11(12)2)17(18)19/h3-5,10,13-14H,6-9H2,1-2H3. The van der Waals surface area contributed by atoms with E-state index in [0.29, 0.717) is 10.7 Å². The first-order valence-electron chi connectivity index (χ1n) is 6.86. The molecule has 0 aromatic heterocycles. The van der Waals surface area contributed by atoms with Crippen molar-refractivity contribution in [3.8, 4) is 0 Å². The van der Waals surface area contributed by atoms with Gasteiger partial charge in [-0.2, -0.15) is 0 Å². The maximum Gasteiger partial charge on any atom is 0.272 e. The van der Waals surface area contributed by atoms with Crippen molar-refractivity contribution < 1.29 is 4.92 Å². The van der Waals surface area contributed by atoms with Crippen LogP contribution in [0.3, 0.4) is 0 Å². The molecule has 4 heteroatoms. The third kappa shape index (κ3) is 3.35. The molecule has 1 aliphatic rings. The summed E-state index contributed by atoms with van der Waals surface area (Å²) >= 11 is 3.78. The molecule has 1 fully saturated rings. The third-order valence-electron chi connectivity index (χ3n) is 4.25. The van der Waals surface area contributed by atoms with E-state index in [1.165, 1.54) is 19.3 Å². The average molecular weight is 326 g/mol. The topological polar surface area (TPSA) is 43.1 Å². The van der Waals surface area contributed by atoms with Crippen molar-refractivity contribution in [1.29, 1.82) is 0 Å². The fourth-order valence-corrected chi connectivity index (χ4v) is 3.71. The monoisotopic (exact) mass is 325 g/mol. The van der Waals surface area contributed by atoms with Gasteiger partial charge in [-0.1, -0.05) is 35.0 Å². The zero-order chi connectivity index (χ0) is 14.0. The van der Waals surface area contributed by atoms with Crippen LogP contribution >= 0.6 is 15.9 Å². The largest absolute Gasteiger partial charge is 0.272 e. The maximum absolute atomic E-state index is 11.0. The van der Waals surface area contributed by atoms with Gasteiger partial charge in [0.1, 0.15) is 0 Å². The third-order valence-corrected chi connectivity index (χ3v) is 5.45. The molecule has 3 nitrogen and oxygen atoms in total. The van der Waals surface area contributed by atoms with Crippen molar-refractivity contribution in [2.24, 2.45) is 11.8 Å². The molecule has 0 bridgehead atoms. The molecule has 1 aromatic carbocycles. The number of halogens is 1. The Balaban J connectivity index is 2.19. The van der Waals surface area contributed by atoms with Crippen LogP contribution in [0.4, 0.5) is 5.69 Å². The summed E-state index contributed by atoms with van der Waals surface area (Å²) in [6.07, 6.45) is 4.63. The Bertz CT molecular complexity index is 475. The molecule has 1 aromatic rings. The second kappa shape index (κ2) is 6.04. The van der Waals surface area contributed by atoms with Crippen LogP contribution in [0.1, 0.15) is 37.3 Å². The Hall–Kier alpha value is -0.900. The first kappa shape index (κ1) is 14.5. The molecule has 0 amide bonds. The molecule has 1 aliphatic carbocycles. The molecule has 2 rings (SSSR count). The van der Waals surface area contributed by atoms with E-state index in [0.717, 1.165) is 23.5 Å². The minimum absolute atomic E-state index is 0.243. The lowest BCUT2D eigenvalue weighted by Gasteiger charge is -2.31. The van der Waals surface area contributed by atoms with Crippen LogP contribution in [-0.2, 0) is 6.42 Å². The highest BCUT2D eigenvalue weighted by Crippen LogP contribution is 2.36. The van der Waals surface area contributed by atoms with Gasteiger partial charge < -0.3 is 0 Å². The number of nitro benzene ring substituents is 1. The lowest BCUT2D eigenvalue weighted by Crippen LogP contribution is -2.25. The second-order valence-corrected chi connectivity index (χ2v) is 6.89. The fourth-order valence-electron chi connectivity index (χ4n) is 3.04. The van der Waals surface area contributed by atoms with Crippen LogP contribution in [0.2, 0.25) is 0 Å². The molecule has 0 radical (unpaired) electrons. The zero-order valence-electron chi connectivity index (χ0n) is 11.4. The van der Waals surface area contributed by atoms with E-state index in [-0.39, 0.29) is 10.6 Å². The number of benzene rings is 1. The van der Waals surface area contributed by atoms with Crippen LogP contribution < -0.4 is 0 Å². The van der Waals surface area contributed by atoms with Gasteiger partial charge in [-0.25, -0.2) is 0 Å². The quantitative estimate of drug-likeness (QED) is 0.461. The van der Waals surface area contributed by atoms with Gasteiger partial charge in [0.25, 0.3) is 5.69 Å². The minimum Gasteiger partial charge on any atom is -0.258 e. The Morgan fingerprint density at radius 3 is 2.84 bits per heavy atom. The molecule has 0 heterocycles. The van der Waals surface area contributed by atoms with Gasteiger partial charge in [0, 0.05) is 16.5 Å². The van der Waals surface area contributed by atoms with Gasteiger partial charge in [-0.05, 0) is 50.0 Å². The fraction of sp³-hybridized carbons (Fsp3) is 0.600. The smallest absolute Gasteiger partial charge is 0.258 e. The number of rotatable bonds is 3. The van der Waals surface area contributed by atoms with Gasteiger partial charge in [-0.3, -0.25) is 10.1 Å². The van der Waals surface area contributed by atoms with Crippen LogP contribution in [0.25, 0.3) is 0 Å². The summed E-state index contributed by atoms with van der Waals surface area (Å²) < 4.78 is 0. The highest BCUT2D eigenvalue weighted by Gasteiger charge is 2.27. The normalized spacial score (nSPS) is 27.2. The number of hydrogen-bond donors (Lipinski definition) is 0. The van der Waals surface area contributed by atoms with Crippen molar-refractivity contribution in [3.05, 3.63) is 39.4 Å². The van der Waals surface area contributed by atoms with Crippen molar-refractivity contribution in [2.45, 2.75) is 44.4 Å². The number of nitrogens with zero attached hydrogens (tertiary/aromatic N) is 1. The summed E-state index contributed by atoms with van der Waals surface area (Å²) in [5.41, 5.74) is 2.19. The van der Waals surface area contributed by atoms with Gasteiger partial charge >= 0.3 is 0 Å². The van der Waals surface area contributed by atoms with Crippen LogP contribution in [0, 0.1) is 28.9 Å². The second-order valence-electron chi connectivity index (χ2n) is 5.72. The van der Waals surface area contributed by atoms with E-state index >= 15 is 0 Å². The Kier molecular flexibility index (Phi) is 4.61. The average Bonchev–Trinajstić information content (AvgIpc) is 2.36. The number of hydrogen-bond acceptors (Lipinski definition) is 2. The maximum atomic E-state index is 11.0. The Labute approximate surface area is 122 Å². The molecule has 0 spiro atoms. The highest BCUT2D eigenvalue weighted by atomic mass is 79.9. The molecule has 0 saturated heterocycles. The van der Waals surface area contributed by atoms with Gasteiger partial charge in [0.15, 0.2) is 0 Å². The number of alkyl halides is 1. The molecule has 1 saturated carbocycles. The van der Waals surface area contributed by atoms with Crippen molar-refractivity contribution >= 4 is 21.6 Å². The molecule has 104 valence electrons. The van der Waals surface area contributed by atoms with Crippen molar-refractivity contribution in [2.75, 3.05) is 0 Å². The van der Waals surface area contributed by atoms with Gasteiger partial charge in [-0.15, -0.1) is 0 Å². The lowest BCUT2D eigenvalue weighted by molar-refractivity contribution is -0.385. The van der Waals surface area contributed by atoms with E-state index in [1.54, 1.807) is 12.1 Å². The summed E-state index contributed by atoms with van der Waals surface area (Å²) in [4.78, 5) is 11.2. The van der Waals surface area contributed by atoms with E-state index in [4.69, 9.17) is 0 Å². The van der Waals surface area contributed by atoms with E-state index in [1.807, 2.05) is 13.0 Å². The first-order chi connectivity index (χ1) is 8.99. The molecular formula is C15H20BrNO2. The predicted octanol–water partition coefficient (Wildman–Crippen LogP) is 4.65. The zero-order valence-corrected chi connectivity index (χ0v) is 13.0. The van der Waals surface area contributed by atoms with E-state index in [2.05, 4.69) is 22.9 Å². The van der Waals surface area contributed by atoms with E-state index < -0.39 is 0 Å². The molecule has 0 N–H and O–H groups in total. The summed E-state index contributed by atoms with van der Waals surface area (Å²) in [6, 6.07) is 5.42. The van der Waals surface area contributed by atoms with Crippen molar-refractivity contribution in [1.82, 2.24) is 0 Å². The first-order valence-corrected chi connectivity index (χ1v) is 7.77. The molecule has 19 heavy (non-hydrogen) atoms. The highest BCUT2D eigenvalue weighted by molar-refractivity contribution is 9.09. The summed E-state index contributed by atoms with van der Waals surface area (Å²) in [7, 11) is 0. The van der Waals surface area contributed by atoms with Gasteiger partial charge in [0.05, 0.1) is 4.92 Å². The van der Waals surface area contributed by atoms with Crippen LogP contribution in [0.15, 0.2) is 18.2 Å². The van der Waals surface area contributed by atoms with Gasteiger partial charge in [0.2, 0.25) is 0 Å². The molecule has 0 aliphatic heterocycles. The predicted molar refractivity (Wildman–Crippen MR) is 80.8 cm³/mol. The summed E-state index contributed by atoms with van der Waals surface area (Å²) in [6.45, 7) is 4.16. The Morgan fingerprint density at radius 2 is 2.16 bits per heavy atom. The molecule has 3 atom stereocenters. The minimum atomic E-state index is -0.284. The van der Waals surface area contributed by atoms with E-state index in [9.17, 15) is 10.1 Å². The van der Waals surface area contributed by atoms with Crippen LogP contribution in [0.5, 0.6) is 0 Å². The van der Waals surface area contributed by atoms with Crippen molar-refractivity contribution in [3.63, 3.8) is 0 Å². The molecular weight excluding hydrogens is 306 g/mol.